The van der Waals surface area contributed by atoms with Crippen LogP contribution in [0.1, 0.15) is 33.6 Å². The Morgan fingerprint density at radius 2 is 2.00 bits per heavy atom. The van der Waals surface area contributed by atoms with Gasteiger partial charge in [0.25, 0.3) is 0 Å². The molecule has 2 N–H and O–H groups in total. The molecule has 0 aliphatic heterocycles. The van der Waals surface area contributed by atoms with E-state index in [-0.39, 0.29) is 16.9 Å². The van der Waals surface area contributed by atoms with Crippen molar-refractivity contribution in [3.05, 3.63) is 0 Å². The van der Waals surface area contributed by atoms with Crippen LogP contribution in [0.4, 0.5) is 0 Å². The van der Waals surface area contributed by atoms with E-state index in [1.807, 2.05) is 6.92 Å². The van der Waals surface area contributed by atoms with Gasteiger partial charge in [0.1, 0.15) is 5.78 Å². The Labute approximate surface area is 73.5 Å². The summed E-state index contributed by atoms with van der Waals surface area (Å²) < 4.78 is 0. The summed E-state index contributed by atoms with van der Waals surface area (Å²) in [5, 5.41) is 0. The molecule has 0 amide bonds. The number of hydrogen-bond donors (Lipinski definition) is 1. The van der Waals surface area contributed by atoms with Gasteiger partial charge in [-0.25, -0.2) is 0 Å². The first-order valence-corrected chi connectivity index (χ1v) is 4.69. The Kier molecular flexibility index (Phi) is 1.32. The molecule has 0 aromatic carbocycles. The highest BCUT2D eigenvalue weighted by atomic mass is 16.1. The van der Waals surface area contributed by atoms with Crippen molar-refractivity contribution < 1.29 is 4.79 Å². The maximum absolute atomic E-state index is 11.7. The minimum absolute atomic E-state index is 0.0961. The van der Waals surface area contributed by atoms with Gasteiger partial charge in [0.05, 0.1) is 0 Å². The fourth-order valence-corrected chi connectivity index (χ4v) is 3.08. The summed E-state index contributed by atoms with van der Waals surface area (Å²) in [6.07, 6.45) is 1.80. The van der Waals surface area contributed by atoms with E-state index in [0.29, 0.717) is 11.7 Å². The zero-order valence-electron chi connectivity index (χ0n) is 8.05. The van der Waals surface area contributed by atoms with E-state index in [2.05, 4.69) is 13.8 Å². The van der Waals surface area contributed by atoms with Crippen molar-refractivity contribution in [1.82, 2.24) is 0 Å². The first-order chi connectivity index (χ1) is 5.40. The van der Waals surface area contributed by atoms with Crippen molar-refractivity contribution >= 4 is 5.78 Å². The largest absolute Gasteiger partial charge is 0.327 e. The summed E-state index contributed by atoms with van der Waals surface area (Å²) >= 11 is 0. The van der Waals surface area contributed by atoms with E-state index in [1.54, 1.807) is 0 Å². The number of fused-ring (bicyclic) bond motifs is 2. The van der Waals surface area contributed by atoms with Crippen molar-refractivity contribution in [2.45, 2.75) is 39.7 Å². The number of carbonyl (C=O) groups excluding carboxylic acids is 1. The third-order valence-electron chi connectivity index (χ3n) is 4.65. The van der Waals surface area contributed by atoms with Crippen molar-refractivity contribution in [2.24, 2.45) is 22.5 Å². The molecule has 0 heterocycles. The normalized spacial score (nSPS) is 50.2. The molecule has 2 heteroatoms. The summed E-state index contributed by atoms with van der Waals surface area (Å²) in [7, 11) is 0. The Balaban J connectivity index is 2.51. The fraction of sp³-hybridized carbons (Fsp3) is 0.900. The first kappa shape index (κ1) is 8.24. The van der Waals surface area contributed by atoms with E-state index in [4.69, 9.17) is 5.73 Å². The fourth-order valence-electron chi connectivity index (χ4n) is 3.08. The smallest absolute Gasteiger partial charge is 0.141 e. The molecule has 12 heavy (non-hydrogen) atoms. The molecular formula is C10H17NO. The van der Waals surface area contributed by atoms with Gasteiger partial charge in [0.2, 0.25) is 0 Å². The van der Waals surface area contributed by atoms with Crippen molar-refractivity contribution in [2.75, 3.05) is 0 Å². The third kappa shape index (κ3) is 0.598. The molecule has 3 unspecified atom stereocenters. The van der Waals surface area contributed by atoms with Crippen LogP contribution in [0.25, 0.3) is 0 Å². The number of Topliss-reactive ketones (excluding diaryl/α,β-unsaturated/α-hetero) is 1. The third-order valence-corrected chi connectivity index (χ3v) is 4.65. The van der Waals surface area contributed by atoms with Crippen molar-refractivity contribution in [3.8, 4) is 0 Å². The van der Waals surface area contributed by atoms with Gasteiger partial charge in [-0.2, -0.15) is 0 Å². The molecular weight excluding hydrogens is 150 g/mol. The lowest BCUT2D eigenvalue weighted by Crippen LogP contribution is -2.46. The summed E-state index contributed by atoms with van der Waals surface area (Å²) in [6.45, 7) is 6.43. The average Bonchev–Trinajstić information content (AvgIpc) is 2.20. The van der Waals surface area contributed by atoms with Crippen LogP contribution in [-0.4, -0.2) is 11.8 Å². The topological polar surface area (TPSA) is 43.1 Å². The minimum Gasteiger partial charge on any atom is -0.327 e. The predicted molar refractivity (Wildman–Crippen MR) is 47.6 cm³/mol. The Morgan fingerprint density at radius 3 is 2.25 bits per heavy atom. The Morgan fingerprint density at radius 1 is 1.42 bits per heavy atom. The van der Waals surface area contributed by atoms with Crippen LogP contribution >= 0.6 is 0 Å². The van der Waals surface area contributed by atoms with Gasteiger partial charge in [-0.05, 0) is 17.8 Å². The van der Waals surface area contributed by atoms with Crippen LogP contribution in [-0.2, 0) is 4.79 Å². The van der Waals surface area contributed by atoms with Gasteiger partial charge in [0.15, 0.2) is 0 Å². The SMILES string of the molecule is CC1(C)C2CC(=O)C1(C)C(N)C2. The standard InChI is InChI=1S/C10H17NO/c1-9(2)6-4-7(11)10(9,3)8(12)5-6/h6-7H,4-5,11H2,1-3H3. The molecule has 68 valence electrons. The van der Waals surface area contributed by atoms with Crippen LogP contribution in [0.5, 0.6) is 0 Å². The zero-order chi connectivity index (χ0) is 9.15. The number of nitrogens with two attached hydrogens (primary N) is 1. The molecule has 3 atom stereocenters. The van der Waals surface area contributed by atoms with Gasteiger partial charge < -0.3 is 5.73 Å². The number of carbonyl (C=O) groups is 1. The second-order valence-corrected chi connectivity index (χ2v) is 5.09. The molecule has 0 spiro atoms. The van der Waals surface area contributed by atoms with Gasteiger partial charge in [-0.1, -0.05) is 20.8 Å². The average molecular weight is 167 g/mol. The Bertz CT molecular complexity index is 246. The molecule has 0 aromatic heterocycles. The van der Waals surface area contributed by atoms with Gasteiger partial charge in [-0.15, -0.1) is 0 Å². The molecule has 2 fully saturated rings. The molecule has 2 aliphatic carbocycles. The van der Waals surface area contributed by atoms with Crippen LogP contribution in [0.2, 0.25) is 0 Å². The van der Waals surface area contributed by atoms with Crippen LogP contribution in [0, 0.1) is 16.7 Å². The maximum Gasteiger partial charge on any atom is 0.141 e. The quantitative estimate of drug-likeness (QED) is 0.591. The lowest BCUT2D eigenvalue weighted by molar-refractivity contribution is -0.129. The molecule has 0 radical (unpaired) electrons. The van der Waals surface area contributed by atoms with Crippen molar-refractivity contribution in [3.63, 3.8) is 0 Å². The monoisotopic (exact) mass is 167 g/mol. The maximum atomic E-state index is 11.7. The number of ketones is 1. The molecule has 2 aliphatic rings. The first-order valence-electron chi connectivity index (χ1n) is 4.69. The van der Waals surface area contributed by atoms with E-state index < -0.39 is 0 Å². The zero-order valence-corrected chi connectivity index (χ0v) is 8.05. The second kappa shape index (κ2) is 1.92. The van der Waals surface area contributed by atoms with Crippen LogP contribution < -0.4 is 5.73 Å². The van der Waals surface area contributed by atoms with Crippen LogP contribution in [0.3, 0.4) is 0 Å². The molecule has 0 aromatic rings. The van der Waals surface area contributed by atoms with E-state index in [0.717, 1.165) is 12.8 Å². The molecule has 2 bridgehead atoms. The molecule has 2 rings (SSSR count). The highest BCUT2D eigenvalue weighted by molar-refractivity contribution is 5.90. The highest BCUT2D eigenvalue weighted by Gasteiger charge is 2.65. The lowest BCUT2D eigenvalue weighted by atomic mass is 9.69. The summed E-state index contributed by atoms with van der Waals surface area (Å²) in [4.78, 5) is 11.7. The molecule has 2 saturated carbocycles. The number of rotatable bonds is 0. The van der Waals surface area contributed by atoms with Gasteiger partial charge in [0, 0.05) is 17.9 Å². The van der Waals surface area contributed by atoms with Crippen molar-refractivity contribution in [1.29, 1.82) is 0 Å². The van der Waals surface area contributed by atoms with E-state index >= 15 is 0 Å². The molecule has 0 saturated heterocycles. The summed E-state index contributed by atoms with van der Waals surface area (Å²) in [6, 6.07) is 0.0961. The Hall–Kier alpha value is -0.370. The van der Waals surface area contributed by atoms with Gasteiger partial charge in [-0.3, -0.25) is 4.79 Å². The predicted octanol–water partition coefficient (Wildman–Crippen LogP) is 1.34. The summed E-state index contributed by atoms with van der Waals surface area (Å²) in [5.41, 5.74) is 5.89. The summed E-state index contributed by atoms with van der Waals surface area (Å²) in [5.74, 6) is 0.918. The van der Waals surface area contributed by atoms with Crippen LogP contribution in [0.15, 0.2) is 0 Å². The highest BCUT2D eigenvalue weighted by Crippen LogP contribution is 2.62. The lowest BCUT2D eigenvalue weighted by Gasteiger charge is -2.35. The second-order valence-electron chi connectivity index (χ2n) is 5.09. The molecule has 2 nitrogen and oxygen atoms in total. The van der Waals surface area contributed by atoms with E-state index in [9.17, 15) is 4.79 Å². The van der Waals surface area contributed by atoms with Gasteiger partial charge >= 0.3 is 0 Å². The van der Waals surface area contributed by atoms with E-state index in [1.165, 1.54) is 0 Å². The minimum atomic E-state index is -0.238. The number of hydrogen-bond acceptors (Lipinski definition) is 2.